The monoisotopic (exact) mass is 469 g/mol. The zero-order chi connectivity index (χ0) is 25.1. The maximum atomic E-state index is 13.9. The molecule has 35 heavy (non-hydrogen) atoms. The van der Waals surface area contributed by atoms with Gasteiger partial charge in [0.2, 0.25) is 0 Å². The lowest BCUT2D eigenvalue weighted by molar-refractivity contribution is 0.0680. The third kappa shape index (κ3) is 4.56. The standard InChI is InChI=1S/C29H31N3O3/c1-6-17-31(28(33)22-12-8-7-11-20(22)3)21(4)27-30-24-14-10-9-13-23(24)29(34)32(27)25-18-19(2)15-16-26(25)35-5/h7-16,18,21H,6,17H2,1-5H3. The fourth-order valence-corrected chi connectivity index (χ4v) is 4.46. The maximum absolute atomic E-state index is 13.9. The lowest BCUT2D eigenvalue weighted by Crippen LogP contribution is -2.38. The van der Waals surface area contributed by atoms with Crippen molar-refractivity contribution in [3.63, 3.8) is 0 Å². The summed E-state index contributed by atoms with van der Waals surface area (Å²) in [6.45, 7) is 8.40. The van der Waals surface area contributed by atoms with Crippen LogP contribution >= 0.6 is 0 Å². The van der Waals surface area contributed by atoms with E-state index in [1.165, 1.54) is 0 Å². The highest BCUT2D eigenvalue weighted by Gasteiger charge is 2.28. The summed E-state index contributed by atoms with van der Waals surface area (Å²) in [5.74, 6) is 0.978. The molecule has 0 saturated heterocycles. The van der Waals surface area contributed by atoms with Crippen molar-refractivity contribution in [2.45, 2.75) is 40.2 Å². The van der Waals surface area contributed by atoms with Gasteiger partial charge in [-0.05, 0) is 68.7 Å². The average molecular weight is 470 g/mol. The van der Waals surface area contributed by atoms with Crippen LogP contribution in [-0.2, 0) is 0 Å². The topological polar surface area (TPSA) is 64.4 Å². The molecule has 6 heteroatoms. The highest BCUT2D eigenvalue weighted by molar-refractivity contribution is 5.96. The Morgan fingerprint density at radius 2 is 1.77 bits per heavy atom. The molecule has 0 aliphatic heterocycles. The smallest absolute Gasteiger partial charge is 0.266 e. The van der Waals surface area contributed by atoms with Gasteiger partial charge in [-0.2, -0.15) is 0 Å². The van der Waals surface area contributed by atoms with Crippen LogP contribution in [0.3, 0.4) is 0 Å². The Hall–Kier alpha value is -3.93. The molecule has 6 nitrogen and oxygen atoms in total. The number of carbonyl (C=O) groups excluding carboxylic acids is 1. The molecule has 180 valence electrons. The molecule has 0 saturated carbocycles. The lowest BCUT2D eigenvalue weighted by atomic mass is 10.1. The summed E-state index contributed by atoms with van der Waals surface area (Å²) in [4.78, 5) is 34.3. The lowest BCUT2D eigenvalue weighted by Gasteiger charge is -2.31. The number of ether oxygens (including phenoxy) is 1. The fourth-order valence-electron chi connectivity index (χ4n) is 4.46. The third-order valence-corrected chi connectivity index (χ3v) is 6.32. The number of benzene rings is 3. The van der Waals surface area contributed by atoms with Gasteiger partial charge in [-0.15, -0.1) is 0 Å². The Kier molecular flexibility index (Phi) is 7.01. The fraction of sp³-hybridized carbons (Fsp3) is 0.276. The number of aromatic nitrogens is 2. The van der Waals surface area contributed by atoms with Gasteiger partial charge in [-0.25, -0.2) is 4.98 Å². The van der Waals surface area contributed by atoms with E-state index in [-0.39, 0.29) is 11.5 Å². The first-order chi connectivity index (χ1) is 16.9. The van der Waals surface area contributed by atoms with Gasteiger partial charge >= 0.3 is 0 Å². The molecule has 3 aromatic carbocycles. The van der Waals surface area contributed by atoms with Gasteiger partial charge < -0.3 is 9.64 Å². The van der Waals surface area contributed by atoms with E-state index >= 15 is 0 Å². The third-order valence-electron chi connectivity index (χ3n) is 6.32. The molecule has 1 heterocycles. The van der Waals surface area contributed by atoms with Crippen molar-refractivity contribution < 1.29 is 9.53 Å². The zero-order valence-electron chi connectivity index (χ0n) is 20.9. The number of carbonyl (C=O) groups is 1. The minimum atomic E-state index is -0.468. The minimum absolute atomic E-state index is 0.0809. The average Bonchev–Trinajstić information content (AvgIpc) is 2.86. The predicted octanol–water partition coefficient (Wildman–Crippen LogP) is 5.62. The molecule has 4 aromatic rings. The Morgan fingerprint density at radius 3 is 2.49 bits per heavy atom. The van der Waals surface area contributed by atoms with E-state index in [2.05, 4.69) is 0 Å². The Labute approximate surface area is 205 Å². The van der Waals surface area contributed by atoms with Crippen molar-refractivity contribution in [1.82, 2.24) is 14.5 Å². The molecule has 0 spiro atoms. The normalized spacial score (nSPS) is 11.9. The highest BCUT2D eigenvalue weighted by Crippen LogP contribution is 2.29. The maximum Gasteiger partial charge on any atom is 0.266 e. The summed E-state index contributed by atoms with van der Waals surface area (Å²) in [7, 11) is 1.59. The van der Waals surface area contributed by atoms with E-state index in [0.29, 0.717) is 40.3 Å². The van der Waals surface area contributed by atoms with Gasteiger partial charge in [-0.1, -0.05) is 43.3 Å². The van der Waals surface area contributed by atoms with Crippen LogP contribution in [0.1, 0.15) is 53.6 Å². The van der Waals surface area contributed by atoms with E-state index in [4.69, 9.17) is 9.72 Å². The van der Waals surface area contributed by atoms with Crippen LogP contribution < -0.4 is 10.3 Å². The summed E-state index contributed by atoms with van der Waals surface area (Å²) in [6, 6.07) is 20.1. The molecule has 0 radical (unpaired) electrons. The first-order valence-corrected chi connectivity index (χ1v) is 11.9. The predicted molar refractivity (Wildman–Crippen MR) is 140 cm³/mol. The second-order valence-electron chi connectivity index (χ2n) is 8.79. The van der Waals surface area contributed by atoms with Crippen LogP contribution in [0.15, 0.2) is 71.5 Å². The number of hydrogen-bond donors (Lipinski definition) is 0. The Bertz CT molecular complexity index is 1440. The molecule has 0 bridgehead atoms. The van der Waals surface area contributed by atoms with Crippen molar-refractivity contribution in [3.05, 3.63) is 99.6 Å². The molecule has 0 aliphatic carbocycles. The Morgan fingerprint density at radius 1 is 1.06 bits per heavy atom. The quantitative estimate of drug-likeness (QED) is 0.352. The summed E-state index contributed by atoms with van der Waals surface area (Å²) in [5.41, 5.74) is 3.56. The van der Waals surface area contributed by atoms with Crippen molar-refractivity contribution in [1.29, 1.82) is 0 Å². The summed E-state index contributed by atoms with van der Waals surface area (Å²) < 4.78 is 7.23. The summed E-state index contributed by atoms with van der Waals surface area (Å²) >= 11 is 0. The molecule has 1 unspecified atom stereocenters. The Balaban J connectivity index is 1.98. The highest BCUT2D eigenvalue weighted by atomic mass is 16.5. The molecule has 0 fully saturated rings. The molecular formula is C29H31N3O3. The number of nitrogens with zero attached hydrogens (tertiary/aromatic N) is 3. The van der Waals surface area contributed by atoms with E-state index in [1.54, 1.807) is 22.6 Å². The van der Waals surface area contributed by atoms with Crippen LogP contribution in [0.25, 0.3) is 16.6 Å². The van der Waals surface area contributed by atoms with Crippen LogP contribution in [0.4, 0.5) is 0 Å². The molecule has 4 rings (SSSR count). The summed E-state index contributed by atoms with van der Waals surface area (Å²) in [6.07, 6.45) is 0.771. The number of hydrogen-bond acceptors (Lipinski definition) is 4. The molecule has 0 N–H and O–H groups in total. The van der Waals surface area contributed by atoms with Crippen molar-refractivity contribution in [2.75, 3.05) is 13.7 Å². The second-order valence-corrected chi connectivity index (χ2v) is 8.79. The van der Waals surface area contributed by atoms with E-state index in [0.717, 1.165) is 17.5 Å². The SMILES string of the molecule is CCCN(C(=O)c1ccccc1C)C(C)c1nc2ccccc2c(=O)n1-c1cc(C)ccc1OC. The molecule has 1 amide bonds. The number of amides is 1. The second kappa shape index (κ2) is 10.1. The van der Waals surface area contributed by atoms with Crippen LogP contribution in [-0.4, -0.2) is 34.0 Å². The summed E-state index contributed by atoms with van der Waals surface area (Å²) in [5, 5.41) is 0.513. The van der Waals surface area contributed by atoms with E-state index in [1.807, 2.05) is 88.4 Å². The van der Waals surface area contributed by atoms with Crippen molar-refractivity contribution >= 4 is 16.8 Å². The van der Waals surface area contributed by atoms with Gasteiger partial charge in [0.25, 0.3) is 11.5 Å². The van der Waals surface area contributed by atoms with Crippen LogP contribution in [0, 0.1) is 13.8 Å². The number of para-hydroxylation sites is 1. The van der Waals surface area contributed by atoms with E-state index < -0.39 is 6.04 Å². The first-order valence-electron chi connectivity index (χ1n) is 11.9. The van der Waals surface area contributed by atoms with Gasteiger partial charge in [0, 0.05) is 12.1 Å². The minimum Gasteiger partial charge on any atom is -0.495 e. The first kappa shape index (κ1) is 24.2. The van der Waals surface area contributed by atoms with Crippen LogP contribution in [0.5, 0.6) is 5.75 Å². The molecular weight excluding hydrogens is 438 g/mol. The number of aryl methyl sites for hydroxylation is 2. The number of methoxy groups -OCH3 is 1. The van der Waals surface area contributed by atoms with E-state index in [9.17, 15) is 9.59 Å². The van der Waals surface area contributed by atoms with Crippen molar-refractivity contribution in [3.8, 4) is 11.4 Å². The molecule has 1 aromatic heterocycles. The zero-order valence-corrected chi connectivity index (χ0v) is 20.9. The van der Waals surface area contributed by atoms with Crippen molar-refractivity contribution in [2.24, 2.45) is 0 Å². The van der Waals surface area contributed by atoms with Gasteiger partial charge in [0.05, 0.1) is 29.7 Å². The molecule has 0 aliphatic rings. The molecule has 1 atom stereocenters. The largest absolute Gasteiger partial charge is 0.495 e. The van der Waals surface area contributed by atoms with Gasteiger partial charge in [0.15, 0.2) is 0 Å². The van der Waals surface area contributed by atoms with Crippen LogP contribution in [0.2, 0.25) is 0 Å². The number of rotatable bonds is 7. The number of fused-ring (bicyclic) bond motifs is 1. The van der Waals surface area contributed by atoms with Gasteiger partial charge in [0.1, 0.15) is 11.6 Å². The van der Waals surface area contributed by atoms with Gasteiger partial charge in [-0.3, -0.25) is 14.2 Å².